The fourth-order valence-electron chi connectivity index (χ4n) is 1.28. The molecule has 7 heteroatoms. The van der Waals surface area contributed by atoms with Crippen LogP contribution in [0.2, 0.25) is 5.28 Å². The Labute approximate surface area is 92.6 Å². The van der Waals surface area contributed by atoms with Gasteiger partial charge in [-0.3, -0.25) is 0 Å². The van der Waals surface area contributed by atoms with Gasteiger partial charge in [-0.1, -0.05) is 0 Å². The minimum absolute atomic E-state index is 0.149. The number of methoxy groups -OCH3 is 1. The number of anilines is 1. The van der Waals surface area contributed by atoms with Crippen molar-refractivity contribution >= 4 is 17.5 Å². The molecule has 6 nitrogen and oxygen atoms in total. The number of aromatic nitrogens is 3. The van der Waals surface area contributed by atoms with E-state index < -0.39 is 0 Å². The van der Waals surface area contributed by atoms with E-state index >= 15 is 0 Å². The Kier molecular flexibility index (Phi) is 2.88. The van der Waals surface area contributed by atoms with Gasteiger partial charge in [0.05, 0.1) is 13.2 Å². The van der Waals surface area contributed by atoms with Gasteiger partial charge in [-0.2, -0.15) is 15.0 Å². The second-order valence-electron chi connectivity index (χ2n) is 3.31. The van der Waals surface area contributed by atoms with Gasteiger partial charge >= 0.3 is 6.01 Å². The van der Waals surface area contributed by atoms with Crippen molar-refractivity contribution in [2.24, 2.45) is 0 Å². The molecule has 2 rings (SSSR count). The van der Waals surface area contributed by atoms with Gasteiger partial charge in [0.2, 0.25) is 11.2 Å². The van der Waals surface area contributed by atoms with Crippen LogP contribution in [0.4, 0.5) is 5.95 Å². The summed E-state index contributed by atoms with van der Waals surface area (Å²) in [5.41, 5.74) is 0. The number of rotatable bonds is 3. The van der Waals surface area contributed by atoms with Gasteiger partial charge in [-0.25, -0.2) is 0 Å². The molecule has 0 saturated carbocycles. The van der Waals surface area contributed by atoms with Crippen molar-refractivity contribution in [1.82, 2.24) is 20.3 Å². The van der Waals surface area contributed by atoms with Crippen molar-refractivity contribution < 1.29 is 4.74 Å². The Bertz CT molecular complexity index is 357. The average molecular weight is 230 g/mol. The zero-order chi connectivity index (χ0) is 10.8. The number of halogens is 1. The summed E-state index contributed by atoms with van der Waals surface area (Å²) < 4.78 is 4.93. The van der Waals surface area contributed by atoms with Gasteiger partial charge in [0.25, 0.3) is 0 Å². The molecule has 0 radical (unpaired) electrons. The standard InChI is InChI=1S/C8H12ClN5O/c1-14(5-3-10-4-5)7-11-6(9)12-8(13-7)15-2/h5,10H,3-4H2,1-2H3. The first-order valence-corrected chi connectivity index (χ1v) is 4.97. The summed E-state index contributed by atoms with van der Waals surface area (Å²) in [6.45, 7) is 1.87. The zero-order valence-corrected chi connectivity index (χ0v) is 9.32. The Hall–Kier alpha value is -1.14. The van der Waals surface area contributed by atoms with Crippen LogP contribution in [0.5, 0.6) is 6.01 Å². The zero-order valence-electron chi connectivity index (χ0n) is 8.57. The first-order chi connectivity index (χ1) is 7.20. The Morgan fingerprint density at radius 3 is 2.67 bits per heavy atom. The summed E-state index contributed by atoms with van der Waals surface area (Å²) in [7, 11) is 3.43. The number of nitrogens with zero attached hydrogens (tertiary/aromatic N) is 4. The third-order valence-corrected chi connectivity index (χ3v) is 2.55. The van der Waals surface area contributed by atoms with Crippen molar-refractivity contribution in [2.75, 3.05) is 32.1 Å². The monoisotopic (exact) mass is 229 g/mol. The number of likely N-dealkylation sites (N-methyl/N-ethyl adjacent to an activating group) is 1. The molecule has 0 unspecified atom stereocenters. The molecule has 0 spiro atoms. The highest BCUT2D eigenvalue weighted by Crippen LogP contribution is 2.16. The van der Waals surface area contributed by atoms with Crippen LogP contribution < -0.4 is 15.0 Å². The molecule has 1 fully saturated rings. The predicted molar refractivity (Wildman–Crippen MR) is 56.4 cm³/mol. The largest absolute Gasteiger partial charge is 0.467 e. The van der Waals surface area contributed by atoms with Gasteiger partial charge < -0.3 is 15.0 Å². The first-order valence-electron chi connectivity index (χ1n) is 4.60. The highest BCUT2D eigenvalue weighted by Gasteiger charge is 2.24. The SMILES string of the molecule is COc1nc(Cl)nc(N(C)C2CNC2)n1. The molecule has 1 aliphatic rings. The molecule has 2 heterocycles. The minimum atomic E-state index is 0.149. The molecular weight excluding hydrogens is 218 g/mol. The Balaban J connectivity index is 2.22. The highest BCUT2D eigenvalue weighted by molar-refractivity contribution is 6.28. The fraction of sp³-hybridized carbons (Fsp3) is 0.625. The van der Waals surface area contributed by atoms with E-state index in [2.05, 4.69) is 20.3 Å². The van der Waals surface area contributed by atoms with E-state index in [0.717, 1.165) is 13.1 Å². The summed E-state index contributed by atoms with van der Waals surface area (Å²) in [4.78, 5) is 14.0. The summed E-state index contributed by atoms with van der Waals surface area (Å²) in [5.74, 6) is 0.540. The molecule has 0 aromatic carbocycles. The van der Waals surface area contributed by atoms with Crippen LogP contribution in [-0.4, -0.2) is 48.2 Å². The summed E-state index contributed by atoms with van der Waals surface area (Å²) >= 11 is 5.75. The molecule has 1 aromatic rings. The minimum Gasteiger partial charge on any atom is -0.467 e. The normalized spacial score (nSPS) is 15.9. The van der Waals surface area contributed by atoms with Crippen LogP contribution in [0.3, 0.4) is 0 Å². The van der Waals surface area contributed by atoms with E-state index in [4.69, 9.17) is 16.3 Å². The third kappa shape index (κ3) is 2.10. The lowest BCUT2D eigenvalue weighted by Crippen LogP contribution is -2.56. The van der Waals surface area contributed by atoms with Crippen LogP contribution in [0.1, 0.15) is 0 Å². The molecule has 0 bridgehead atoms. The topological polar surface area (TPSA) is 63.2 Å². The van der Waals surface area contributed by atoms with Crippen molar-refractivity contribution in [1.29, 1.82) is 0 Å². The summed E-state index contributed by atoms with van der Waals surface area (Å²) in [6.07, 6.45) is 0. The van der Waals surface area contributed by atoms with Crippen molar-refractivity contribution in [3.8, 4) is 6.01 Å². The molecule has 82 valence electrons. The first kappa shape index (κ1) is 10.4. The van der Waals surface area contributed by atoms with Gasteiger partial charge in [0.15, 0.2) is 0 Å². The highest BCUT2D eigenvalue weighted by atomic mass is 35.5. The Morgan fingerprint density at radius 2 is 2.13 bits per heavy atom. The maximum atomic E-state index is 5.75. The third-order valence-electron chi connectivity index (χ3n) is 2.38. The lowest BCUT2D eigenvalue weighted by Gasteiger charge is -2.35. The van der Waals surface area contributed by atoms with E-state index in [0.29, 0.717) is 12.0 Å². The molecule has 1 N–H and O–H groups in total. The van der Waals surface area contributed by atoms with E-state index in [1.807, 2.05) is 11.9 Å². The maximum Gasteiger partial charge on any atom is 0.322 e. The molecule has 1 aliphatic heterocycles. The molecule has 0 aliphatic carbocycles. The van der Waals surface area contributed by atoms with Crippen LogP contribution in [0.25, 0.3) is 0 Å². The van der Waals surface area contributed by atoms with Crippen molar-refractivity contribution in [3.05, 3.63) is 5.28 Å². The van der Waals surface area contributed by atoms with Gasteiger partial charge in [0, 0.05) is 20.1 Å². The molecule has 1 aromatic heterocycles. The summed E-state index contributed by atoms with van der Waals surface area (Å²) in [6, 6.07) is 0.650. The van der Waals surface area contributed by atoms with Crippen molar-refractivity contribution in [3.63, 3.8) is 0 Å². The lowest BCUT2D eigenvalue weighted by molar-refractivity contribution is 0.374. The van der Waals surface area contributed by atoms with Gasteiger partial charge in [-0.15, -0.1) is 0 Å². The summed E-state index contributed by atoms with van der Waals surface area (Å²) in [5, 5.41) is 3.33. The number of hydrogen-bond donors (Lipinski definition) is 1. The maximum absolute atomic E-state index is 5.75. The predicted octanol–water partition coefficient (Wildman–Crippen LogP) is -0.0584. The number of hydrogen-bond acceptors (Lipinski definition) is 6. The quantitative estimate of drug-likeness (QED) is 0.784. The second kappa shape index (κ2) is 4.16. The van der Waals surface area contributed by atoms with E-state index in [1.54, 1.807) is 0 Å². The van der Waals surface area contributed by atoms with Crippen molar-refractivity contribution in [2.45, 2.75) is 6.04 Å². The van der Waals surface area contributed by atoms with E-state index in [1.165, 1.54) is 7.11 Å². The molecular formula is C8H12ClN5O. The second-order valence-corrected chi connectivity index (χ2v) is 3.65. The number of nitrogens with one attached hydrogen (secondary N) is 1. The van der Waals surface area contributed by atoms with Crippen LogP contribution >= 0.6 is 11.6 Å². The Morgan fingerprint density at radius 1 is 1.40 bits per heavy atom. The van der Waals surface area contributed by atoms with Crippen LogP contribution in [0, 0.1) is 0 Å². The van der Waals surface area contributed by atoms with E-state index in [9.17, 15) is 0 Å². The average Bonchev–Trinajstić information content (AvgIpc) is 2.14. The van der Waals surface area contributed by atoms with Gasteiger partial charge in [-0.05, 0) is 11.6 Å². The fourth-order valence-corrected chi connectivity index (χ4v) is 1.43. The van der Waals surface area contributed by atoms with Crippen LogP contribution in [0.15, 0.2) is 0 Å². The molecule has 15 heavy (non-hydrogen) atoms. The molecule has 0 atom stereocenters. The lowest BCUT2D eigenvalue weighted by atomic mass is 10.1. The van der Waals surface area contributed by atoms with Gasteiger partial charge in [0.1, 0.15) is 0 Å². The molecule has 1 saturated heterocycles. The molecule has 0 amide bonds. The number of ether oxygens (including phenoxy) is 1. The van der Waals surface area contributed by atoms with E-state index in [-0.39, 0.29) is 11.3 Å². The smallest absolute Gasteiger partial charge is 0.322 e. The van der Waals surface area contributed by atoms with Crippen LogP contribution in [-0.2, 0) is 0 Å².